The lowest BCUT2D eigenvalue weighted by atomic mass is 9.99. The first-order valence-corrected chi connectivity index (χ1v) is 12.2. The van der Waals surface area contributed by atoms with Gasteiger partial charge < -0.3 is 24.0 Å². The molecule has 2 heterocycles. The normalized spacial score (nSPS) is 17.2. The molecule has 0 radical (unpaired) electrons. The van der Waals surface area contributed by atoms with Crippen molar-refractivity contribution in [3.05, 3.63) is 41.5 Å². The van der Waals surface area contributed by atoms with E-state index in [9.17, 15) is 8.42 Å². The average Bonchev–Trinajstić information content (AvgIpc) is 2.83. The highest BCUT2D eigenvalue weighted by Gasteiger charge is 2.32. The van der Waals surface area contributed by atoms with Crippen LogP contribution in [0.15, 0.2) is 35.2 Å². The smallest absolute Gasteiger partial charge is 0.243 e. The molecule has 0 aliphatic carbocycles. The Balaban J connectivity index is 0.00000306. The molecular weight excluding hydrogens is 466 g/mol. The summed E-state index contributed by atoms with van der Waals surface area (Å²) in [5.41, 5.74) is 2.68. The molecule has 33 heavy (non-hydrogen) atoms. The standard InChI is InChI=1S/C23H31N3O5S.ClH/c1-24-11-13-25(14-12-24)20-15-17(5-6-23(20)31-4)32(27,28)26-10-9-18-19(16-26)22(30-3)8-7-21(18)29-2;/h5-8,15H,9-14,16H2,1-4H3;1H. The second-order valence-corrected chi connectivity index (χ2v) is 10.1. The van der Waals surface area contributed by atoms with Crippen molar-refractivity contribution in [1.82, 2.24) is 9.21 Å². The molecule has 0 bridgehead atoms. The molecule has 0 unspecified atom stereocenters. The Labute approximate surface area is 202 Å². The van der Waals surface area contributed by atoms with E-state index in [1.807, 2.05) is 12.1 Å². The fourth-order valence-corrected chi connectivity index (χ4v) is 5.88. The first-order chi connectivity index (χ1) is 15.4. The molecule has 10 heteroatoms. The van der Waals surface area contributed by atoms with E-state index in [1.165, 1.54) is 4.31 Å². The lowest BCUT2D eigenvalue weighted by Crippen LogP contribution is -2.44. The van der Waals surface area contributed by atoms with Crippen molar-refractivity contribution < 1.29 is 22.6 Å². The lowest BCUT2D eigenvalue weighted by molar-refractivity contribution is 0.311. The fraction of sp³-hybridized carbons (Fsp3) is 0.478. The summed E-state index contributed by atoms with van der Waals surface area (Å²) in [4.78, 5) is 4.73. The van der Waals surface area contributed by atoms with Gasteiger partial charge in [0.05, 0.1) is 31.9 Å². The van der Waals surface area contributed by atoms with Crippen LogP contribution in [0.3, 0.4) is 0 Å². The van der Waals surface area contributed by atoms with Gasteiger partial charge in [0.1, 0.15) is 17.2 Å². The van der Waals surface area contributed by atoms with Crippen LogP contribution in [0, 0.1) is 0 Å². The van der Waals surface area contributed by atoms with Gasteiger partial charge in [0.2, 0.25) is 10.0 Å². The molecule has 1 fully saturated rings. The Hall–Kier alpha value is -2.20. The van der Waals surface area contributed by atoms with Crippen LogP contribution in [-0.4, -0.2) is 78.7 Å². The van der Waals surface area contributed by atoms with Crippen LogP contribution in [0.1, 0.15) is 11.1 Å². The summed E-state index contributed by atoms with van der Waals surface area (Å²) in [6.07, 6.45) is 0.566. The molecule has 1 saturated heterocycles. The number of anilines is 1. The molecule has 4 rings (SSSR count). The van der Waals surface area contributed by atoms with Crippen molar-refractivity contribution in [2.24, 2.45) is 0 Å². The molecule has 0 atom stereocenters. The Morgan fingerprint density at radius 3 is 1.97 bits per heavy atom. The van der Waals surface area contributed by atoms with Crippen LogP contribution in [0.2, 0.25) is 0 Å². The number of nitrogens with zero attached hydrogens (tertiary/aromatic N) is 3. The molecule has 2 aliphatic heterocycles. The maximum absolute atomic E-state index is 13.6. The van der Waals surface area contributed by atoms with E-state index in [4.69, 9.17) is 14.2 Å². The number of halogens is 1. The number of piperazine rings is 1. The first-order valence-electron chi connectivity index (χ1n) is 10.7. The largest absolute Gasteiger partial charge is 0.496 e. The maximum Gasteiger partial charge on any atom is 0.243 e. The van der Waals surface area contributed by atoms with Crippen LogP contribution in [0.4, 0.5) is 5.69 Å². The monoisotopic (exact) mass is 497 g/mol. The van der Waals surface area contributed by atoms with Crippen molar-refractivity contribution >= 4 is 28.1 Å². The summed E-state index contributed by atoms with van der Waals surface area (Å²) in [7, 11) is 3.23. The average molecular weight is 498 g/mol. The zero-order chi connectivity index (χ0) is 22.9. The number of sulfonamides is 1. The van der Waals surface area contributed by atoms with Gasteiger partial charge in [-0.15, -0.1) is 12.4 Å². The number of methoxy groups -OCH3 is 3. The van der Waals surface area contributed by atoms with Crippen LogP contribution < -0.4 is 19.1 Å². The topological polar surface area (TPSA) is 71.5 Å². The Morgan fingerprint density at radius 2 is 1.36 bits per heavy atom. The van der Waals surface area contributed by atoms with E-state index >= 15 is 0 Å². The number of likely N-dealkylation sites (N-methyl/N-ethyl adjacent to an activating group) is 1. The second kappa shape index (κ2) is 10.4. The summed E-state index contributed by atoms with van der Waals surface area (Å²) < 4.78 is 45.3. The van der Waals surface area contributed by atoms with Crippen molar-refractivity contribution in [2.45, 2.75) is 17.9 Å². The highest BCUT2D eigenvalue weighted by Crippen LogP contribution is 2.38. The van der Waals surface area contributed by atoms with E-state index in [-0.39, 0.29) is 23.8 Å². The van der Waals surface area contributed by atoms with E-state index < -0.39 is 10.0 Å². The van der Waals surface area contributed by atoms with Gasteiger partial charge in [-0.3, -0.25) is 0 Å². The minimum Gasteiger partial charge on any atom is -0.496 e. The highest BCUT2D eigenvalue weighted by atomic mass is 35.5. The summed E-state index contributed by atoms with van der Waals surface area (Å²) in [5, 5.41) is 0. The van der Waals surface area contributed by atoms with Crippen LogP contribution in [-0.2, 0) is 23.0 Å². The van der Waals surface area contributed by atoms with E-state index in [2.05, 4.69) is 16.8 Å². The first kappa shape index (κ1) is 25.4. The molecule has 0 spiro atoms. The number of rotatable bonds is 6. The molecule has 8 nitrogen and oxygen atoms in total. The predicted molar refractivity (Wildman–Crippen MR) is 131 cm³/mol. The van der Waals surface area contributed by atoms with E-state index in [0.717, 1.165) is 48.7 Å². The van der Waals surface area contributed by atoms with E-state index in [1.54, 1.807) is 39.5 Å². The Bertz CT molecular complexity index is 1090. The summed E-state index contributed by atoms with van der Waals surface area (Å²) in [5.74, 6) is 2.12. The zero-order valence-electron chi connectivity index (χ0n) is 19.5. The van der Waals surface area contributed by atoms with Crippen molar-refractivity contribution in [3.8, 4) is 17.2 Å². The molecule has 182 valence electrons. The molecule has 0 amide bonds. The maximum atomic E-state index is 13.6. The molecule has 2 aromatic rings. The molecule has 0 aromatic heterocycles. The Kier molecular flexibility index (Phi) is 8.00. The van der Waals surface area contributed by atoms with Gasteiger partial charge in [0, 0.05) is 50.4 Å². The van der Waals surface area contributed by atoms with E-state index in [0.29, 0.717) is 24.5 Å². The third kappa shape index (κ3) is 4.87. The van der Waals surface area contributed by atoms with Gasteiger partial charge in [-0.1, -0.05) is 0 Å². The molecule has 2 aromatic carbocycles. The highest BCUT2D eigenvalue weighted by molar-refractivity contribution is 7.89. The number of ether oxygens (including phenoxy) is 3. The van der Waals surface area contributed by atoms with Crippen molar-refractivity contribution in [1.29, 1.82) is 0 Å². The minimum absolute atomic E-state index is 0. The number of hydrogen-bond acceptors (Lipinski definition) is 7. The van der Waals surface area contributed by atoms with Gasteiger partial charge in [-0.25, -0.2) is 8.42 Å². The van der Waals surface area contributed by atoms with Crippen LogP contribution in [0.5, 0.6) is 17.2 Å². The third-order valence-electron chi connectivity index (χ3n) is 6.36. The van der Waals surface area contributed by atoms with Gasteiger partial charge in [0.15, 0.2) is 0 Å². The third-order valence-corrected chi connectivity index (χ3v) is 8.20. The van der Waals surface area contributed by atoms with Crippen molar-refractivity contribution in [2.75, 3.05) is 66.0 Å². The number of fused-ring (bicyclic) bond motifs is 1. The van der Waals surface area contributed by atoms with Gasteiger partial charge >= 0.3 is 0 Å². The quantitative estimate of drug-likeness (QED) is 0.607. The predicted octanol–water partition coefficient (Wildman–Crippen LogP) is 2.63. The summed E-state index contributed by atoms with van der Waals surface area (Å²) in [6, 6.07) is 8.83. The fourth-order valence-electron chi connectivity index (χ4n) is 4.45. The summed E-state index contributed by atoms with van der Waals surface area (Å²) in [6.45, 7) is 4.12. The van der Waals surface area contributed by atoms with Gasteiger partial charge in [-0.05, 0) is 43.8 Å². The molecular formula is C23H32ClN3O5S. The summed E-state index contributed by atoms with van der Waals surface area (Å²) >= 11 is 0. The van der Waals surface area contributed by atoms with Gasteiger partial charge in [-0.2, -0.15) is 4.31 Å². The minimum atomic E-state index is -3.70. The van der Waals surface area contributed by atoms with Gasteiger partial charge in [0.25, 0.3) is 0 Å². The molecule has 0 N–H and O–H groups in total. The van der Waals surface area contributed by atoms with Crippen LogP contribution in [0.25, 0.3) is 0 Å². The lowest BCUT2D eigenvalue weighted by Gasteiger charge is -2.35. The SMILES string of the molecule is COc1ccc(S(=O)(=O)N2CCc3c(OC)ccc(OC)c3C2)cc1N1CCN(C)CC1.Cl. The number of benzene rings is 2. The molecule has 2 aliphatic rings. The van der Waals surface area contributed by atoms with Crippen LogP contribution >= 0.6 is 12.4 Å². The molecule has 0 saturated carbocycles. The van der Waals surface area contributed by atoms with Crippen molar-refractivity contribution in [3.63, 3.8) is 0 Å². The zero-order valence-corrected chi connectivity index (χ0v) is 21.2. The Morgan fingerprint density at radius 1 is 0.788 bits per heavy atom. The second-order valence-electron chi connectivity index (χ2n) is 8.14. The number of hydrogen-bond donors (Lipinski definition) is 0.